The van der Waals surface area contributed by atoms with Crippen molar-refractivity contribution in [1.29, 1.82) is 0 Å². The molecule has 0 fully saturated rings. The lowest BCUT2D eigenvalue weighted by molar-refractivity contribution is -0.385. The van der Waals surface area contributed by atoms with E-state index in [0.29, 0.717) is 13.0 Å². The van der Waals surface area contributed by atoms with Crippen LogP contribution in [0.2, 0.25) is 0 Å². The van der Waals surface area contributed by atoms with Gasteiger partial charge >= 0.3 is 5.69 Å². The number of rotatable bonds is 12. The van der Waals surface area contributed by atoms with Crippen LogP contribution in [0.5, 0.6) is 11.5 Å². The van der Waals surface area contributed by atoms with Crippen LogP contribution in [0.25, 0.3) is 0 Å². The van der Waals surface area contributed by atoms with Crippen LogP contribution in [0.4, 0.5) is 5.69 Å². The summed E-state index contributed by atoms with van der Waals surface area (Å²) in [7, 11) is 1.32. The van der Waals surface area contributed by atoms with E-state index in [0.717, 1.165) is 17.5 Å². The lowest BCUT2D eigenvalue weighted by Crippen LogP contribution is -2.50. The van der Waals surface area contributed by atoms with Crippen molar-refractivity contribution >= 4 is 17.5 Å². The maximum atomic E-state index is 13.2. The minimum absolute atomic E-state index is 0.0341. The van der Waals surface area contributed by atoms with Gasteiger partial charge in [-0.25, -0.2) is 0 Å². The van der Waals surface area contributed by atoms with Crippen molar-refractivity contribution in [3.63, 3.8) is 0 Å². The summed E-state index contributed by atoms with van der Waals surface area (Å²) in [6, 6.07) is 11.1. The normalized spacial score (nSPS) is 11.4. The first-order valence-corrected chi connectivity index (χ1v) is 10.9. The molecule has 2 amide bonds. The van der Waals surface area contributed by atoms with Crippen molar-refractivity contribution in [3.05, 3.63) is 63.7 Å². The molecule has 1 N–H and O–H groups in total. The molecular weight excluding hydrogens is 426 g/mol. The third-order valence-corrected chi connectivity index (χ3v) is 5.12. The minimum atomic E-state index is -0.652. The van der Waals surface area contributed by atoms with Crippen LogP contribution in [0.3, 0.4) is 0 Å². The fraction of sp³-hybridized carbons (Fsp3) is 0.417. The van der Waals surface area contributed by atoms with Crippen molar-refractivity contribution in [2.45, 2.75) is 46.2 Å². The molecule has 0 aromatic heterocycles. The molecule has 2 aromatic carbocycles. The minimum Gasteiger partial charge on any atom is -0.490 e. The molecule has 9 heteroatoms. The average Bonchev–Trinajstić information content (AvgIpc) is 2.81. The van der Waals surface area contributed by atoms with E-state index < -0.39 is 11.0 Å². The molecule has 0 aliphatic heterocycles. The SMILES string of the molecule is CCCNC(=O)[C@@H](CC)N(Cc1ccc(C)cc1)C(=O)COc1ccc([N+](=O)[O-])c(OC)c1. The molecule has 0 bridgehead atoms. The summed E-state index contributed by atoms with van der Waals surface area (Å²) in [6.45, 7) is 6.25. The van der Waals surface area contributed by atoms with Crippen LogP contribution in [-0.4, -0.2) is 47.9 Å². The Bertz CT molecular complexity index is 961. The van der Waals surface area contributed by atoms with Gasteiger partial charge < -0.3 is 19.7 Å². The molecule has 0 spiro atoms. The van der Waals surface area contributed by atoms with E-state index in [1.165, 1.54) is 30.2 Å². The van der Waals surface area contributed by atoms with E-state index >= 15 is 0 Å². The number of carbonyl (C=O) groups excluding carboxylic acids is 2. The van der Waals surface area contributed by atoms with Gasteiger partial charge in [0.05, 0.1) is 12.0 Å². The first-order valence-electron chi connectivity index (χ1n) is 10.9. The highest BCUT2D eigenvalue weighted by atomic mass is 16.6. The van der Waals surface area contributed by atoms with Gasteiger partial charge in [-0.2, -0.15) is 0 Å². The third kappa shape index (κ3) is 7.20. The second kappa shape index (κ2) is 12.4. The van der Waals surface area contributed by atoms with Crippen molar-refractivity contribution in [1.82, 2.24) is 10.2 Å². The Balaban J connectivity index is 2.22. The van der Waals surface area contributed by atoms with E-state index in [1.807, 2.05) is 45.0 Å². The number of ether oxygens (including phenoxy) is 2. The lowest BCUT2D eigenvalue weighted by Gasteiger charge is -2.30. The molecule has 2 aromatic rings. The van der Waals surface area contributed by atoms with Crippen molar-refractivity contribution < 1.29 is 24.0 Å². The largest absolute Gasteiger partial charge is 0.490 e. The smallest absolute Gasteiger partial charge is 0.311 e. The molecule has 0 heterocycles. The Morgan fingerprint density at radius 1 is 1.15 bits per heavy atom. The molecule has 178 valence electrons. The molecule has 1 atom stereocenters. The van der Waals surface area contributed by atoms with Gasteiger partial charge in [0.25, 0.3) is 5.91 Å². The zero-order chi connectivity index (χ0) is 24.4. The van der Waals surface area contributed by atoms with E-state index in [2.05, 4.69) is 5.32 Å². The van der Waals surface area contributed by atoms with Crippen LogP contribution in [0.15, 0.2) is 42.5 Å². The molecule has 9 nitrogen and oxygen atoms in total. The predicted molar refractivity (Wildman–Crippen MR) is 124 cm³/mol. The fourth-order valence-corrected chi connectivity index (χ4v) is 3.30. The number of aryl methyl sites for hydroxylation is 1. The molecule has 0 saturated carbocycles. The van der Waals surface area contributed by atoms with Gasteiger partial charge in [-0.05, 0) is 31.4 Å². The number of nitro benzene ring substituents is 1. The molecule has 0 radical (unpaired) electrons. The number of hydrogen-bond donors (Lipinski definition) is 1. The summed E-state index contributed by atoms with van der Waals surface area (Å²) < 4.78 is 10.7. The van der Waals surface area contributed by atoms with E-state index in [4.69, 9.17) is 9.47 Å². The van der Waals surface area contributed by atoms with E-state index in [-0.39, 0.29) is 42.2 Å². The van der Waals surface area contributed by atoms with Gasteiger partial charge in [0.1, 0.15) is 11.8 Å². The van der Waals surface area contributed by atoms with Crippen LogP contribution in [-0.2, 0) is 16.1 Å². The van der Waals surface area contributed by atoms with Gasteiger partial charge in [-0.1, -0.05) is 43.7 Å². The van der Waals surface area contributed by atoms with Gasteiger partial charge in [0.2, 0.25) is 11.7 Å². The number of hydrogen-bond acceptors (Lipinski definition) is 6. The summed E-state index contributed by atoms with van der Waals surface area (Å²) >= 11 is 0. The monoisotopic (exact) mass is 457 g/mol. The summed E-state index contributed by atoms with van der Waals surface area (Å²) in [6.07, 6.45) is 1.23. The van der Waals surface area contributed by atoms with Crippen LogP contribution < -0.4 is 14.8 Å². The third-order valence-electron chi connectivity index (χ3n) is 5.12. The molecule has 0 saturated heterocycles. The maximum Gasteiger partial charge on any atom is 0.311 e. The molecule has 2 rings (SSSR count). The van der Waals surface area contributed by atoms with Crippen LogP contribution in [0.1, 0.15) is 37.8 Å². The molecule has 33 heavy (non-hydrogen) atoms. The number of nitrogens with zero attached hydrogens (tertiary/aromatic N) is 2. The molecular formula is C24H31N3O6. The van der Waals surface area contributed by atoms with E-state index in [9.17, 15) is 19.7 Å². The van der Waals surface area contributed by atoms with Crippen LogP contribution in [0, 0.1) is 17.0 Å². The topological polar surface area (TPSA) is 111 Å². The number of amides is 2. The zero-order valence-corrected chi connectivity index (χ0v) is 19.5. The highest BCUT2D eigenvalue weighted by molar-refractivity contribution is 5.88. The summed E-state index contributed by atoms with van der Waals surface area (Å²) in [5, 5.41) is 13.9. The Labute approximate surface area is 193 Å². The lowest BCUT2D eigenvalue weighted by atomic mass is 10.1. The summed E-state index contributed by atoms with van der Waals surface area (Å²) in [4.78, 5) is 38.0. The average molecular weight is 458 g/mol. The Morgan fingerprint density at radius 2 is 1.85 bits per heavy atom. The summed E-state index contributed by atoms with van der Waals surface area (Å²) in [5.74, 6) is -0.292. The van der Waals surface area contributed by atoms with Gasteiger partial charge in [-0.15, -0.1) is 0 Å². The molecule has 0 aliphatic rings. The second-order valence-corrected chi connectivity index (χ2v) is 7.60. The van der Waals surface area contributed by atoms with Gasteiger partial charge in [0.15, 0.2) is 6.61 Å². The number of methoxy groups -OCH3 is 1. The quantitative estimate of drug-likeness (QED) is 0.385. The fourth-order valence-electron chi connectivity index (χ4n) is 3.30. The zero-order valence-electron chi connectivity index (χ0n) is 19.5. The molecule has 0 aliphatic carbocycles. The predicted octanol–water partition coefficient (Wildman–Crippen LogP) is 3.62. The Hall–Kier alpha value is -3.62. The maximum absolute atomic E-state index is 13.2. The first kappa shape index (κ1) is 25.6. The van der Waals surface area contributed by atoms with E-state index in [1.54, 1.807) is 0 Å². The van der Waals surface area contributed by atoms with Gasteiger partial charge in [0, 0.05) is 25.2 Å². The number of nitrogens with one attached hydrogen (secondary N) is 1. The first-order chi connectivity index (χ1) is 15.8. The van der Waals surface area contributed by atoms with Crippen molar-refractivity contribution in [2.75, 3.05) is 20.3 Å². The van der Waals surface area contributed by atoms with Gasteiger partial charge in [-0.3, -0.25) is 19.7 Å². The Kier molecular flexibility index (Phi) is 9.65. The van der Waals surface area contributed by atoms with Crippen molar-refractivity contribution in [2.24, 2.45) is 0 Å². The Morgan fingerprint density at radius 3 is 2.42 bits per heavy atom. The van der Waals surface area contributed by atoms with Crippen LogP contribution >= 0.6 is 0 Å². The highest BCUT2D eigenvalue weighted by Gasteiger charge is 2.29. The molecule has 0 unspecified atom stereocenters. The number of benzene rings is 2. The highest BCUT2D eigenvalue weighted by Crippen LogP contribution is 2.30. The second-order valence-electron chi connectivity index (χ2n) is 7.60. The summed E-state index contributed by atoms with van der Waals surface area (Å²) in [5.41, 5.74) is 1.79. The number of nitro groups is 1. The number of carbonyl (C=O) groups is 2. The standard InChI is InChI=1S/C24H31N3O6/c1-5-13-25-24(29)20(6-2)26(15-18-9-7-17(3)8-10-18)23(28)16-33-19-11-12-21(27(30)31)22(14-19)32-4/h7-12,14,20H,5-6,13,15-16H2,1-4H3,(H,25,29)/t20-/m1/s1. The van der Waals surface area contributed by atoms with Crippen molar-refractivity contribution in [3.8, 4) is 11.5 Å².